The summed E-state index contributed by atoms with van der Waals surface area (Å²) in [6, 6.07) is 0. The molecule has 1 amide bonds. The van der Waals surface area contributed by atoms with Crippen LogP contribution in [0.15, 0.2) is 4.99 Å². The molecule has 0 aliphatic rings. The number of rotatable bonds is 4. The molecule has 0 heterocycles. The van der Waals surface area contributed by atoms with Crippen LogP contribution in [0.4, 0.5) is 4.79 Å². The molecule has 108 valence electrons. The van der Waals surface area contributed by atoms with Gasteiger partial charge >= 0.3 is 6.09 Å². The van der Waals surface area contributed by atoms with E-state index >= 15 is 0 Å². The van der Waals surface area contributed by atoms with E-state index in [2.05, 4.69) is 4.99 Å². The number of hydrogen-bond acceptors (Lipinski definition) is 3. The van der Waals surface area contributed by atoms with Crippen LogP contribution in [0.25, 0.3) is 0 Å². The minimum atomic E-state index is -0.478. The molecule has 0 aromatic rings. The Kier molecular flexibility index (Phi) is 9.13. The van der Waals surface area contributed by atoms with Crippen LogP contribution in [-0.4, -0.2) is 42.7 Å². The van der Waals surface area contributed by atoms with Crippen LogP contribution in [0.2, 0.25) is 0 Å². The number of amides is 1. The predicted molar refractivity (Wildman–Crippen MR) is 84.1 cm³/mol. The normalized spacial score (nSPS) is 12.1. The van der Waals surface area contributed by atoms with Crippen molar-refractivity contribution in [2.24, 2.45) is 22.4 Å². The summed E-state index contributed by atoms with van der Waals surface area (Å²) in [5, 5.41) is 0. The van der Waals surface area contributed by atoms with E-state index in [0.717, 1.165) is 0 Å². The number of ether oxygens (including phenoxy) is 1. The molecule has 0 radical (unpaired) electrons. The zero-order chi connectivity index (χ0) is 13.6. The maximum absolute atomic E-state index is 11.7. The molecule has 7 heteroatoms. The lowest BCUT2D eigenvalue weighted by atomic mass is 10.2. The third-order valence-electron chi connectivity index (χ3n) is 1.88. The van der Waals surface area contributed by atoms with Crippen molar-refractivity contribution in [3.05, 3.63) is 0 Å². The Morgan fingerprint density at radius 3 is 2.28 bits per heavy atom. The first-order valence-electron chi connectivity index (χ1n) is 5.61. The number of aliphatic imine (C=N–C) groups is 1. The Morgan fingerprint density at radius 1 is 1.39 bits per heavy atom. The molecule has 0 fully saturated rings. The molecular weight excluding hydrogens is 347 g/mol. The standard InChI is InChI=1S/C11H24N4O2.HI/c1-8(6-14-9(12)13)7-15(5)10(16)17-11(2,3)4;/h8H,6-7H2,1-5H3,(H4,12,13,14);1H. The fraction of sp³-hybridized carbons (Fsp3) is 0.818. The molecule has 0 rings (SSSR count). The van der Waals surface area contributed by atoms with E-state index in [0.29, 0.717) is 13.1 Å². The summed E-state index contributed by atoms with van der Waals surface area (Å²) in [5.41, 5.74) is 10.00. The first-order valence-corrected chi connectivity index (χ1v) is 5.61. The zero-order valence-electron chi connectivity index (χ0n) is 11.8. The molecular formula is C11H25IN4O2. The largest absolute Gasteiger partial charge is 0.444 e. The van der Waals surface area contributed by atoms with E-state index < -0.39 is 5.60 Å². The van der Waals surface area contributed by atoms with E-state index in [4.69, 9.17) is 16.2 Å². The lowest BCUT2D eigenvalue weighted by Crippen LogP contribution is -2.37. The van der Waals surface area contributed by atoms with E-state index in [1.807, 2.05) is 27.7 Å². The van der Waals surface area contributed by atoms with Gasteiger partial charge in [0.25, 0.3) is 0 Å². The fourth-order valence-corrected chi connectivity index (χ4v) is 1.20. The predicted octanol–water partition coefficient (Wildman–Crippen LogP) is 1.38. The van der Waals surface area contributed by atoms with Crippen molar-refractivity contribution in [2.75, 3.05) is 20.1 Å². The molecule has 0 aromatic heterocycles. The second-order valence-corrected chi connectivity index (χ2v) is 5.23. The highest BCUT2D eigenvalue weighted by molar-refractivity contribution is 14.0. The van der Waals surface area contributed by atoms with Gasteiger partial charge in [-0.05, 0) is 26.7 Å². The monoisotopic (exact) mass is 372 g/mol. The van der Waals surface area contributed by atoms with Crippen molar-refractivity contribution >= 4 is 36.0 Å². The molecule has 0 aliphatic heterocycles. The summed E-state index contributed by atoms with van der Waals surface area (Å²) in [6.07, 6.45) is -0.339. The third kappa shape index (κ3) is 10.4. The second-order valence-electron chi connectivity index (χ2n) is 5.23. The van der Waals surface area contributed by atoms with Crippen molar-refractivity contribution in [3.63, 3.8) is 0 Å². The SMILES string of the molecule is CC(CN=C(N)N)CN(C)C(=O)OC(C)(C)C.I. The Balaban J connectivity index is 0. The highest BCUT2D eigenvalue weighted by atomic mass is 127. The van der Waals surface area contributed by atoms with Crippen molar-refractivity contribution in [1.82, 2.24) is 4.90 Å². The number of nitrogens with zero attached hydrogens (tertiary/aromatic N) is 2. The van der Waals surface area contributed by atoms with Gasteiger partial charge in [-0.2, -0.15) is 0 Å². The quantitative estimate of drug-likeness (QED) is 0.443. The highest BCUT2D eigenvalue weighted by Crippen LogP contribution is 2.10. The van der Waals surface area contributed by atoms with Gasteiger partial charge in [0.15, 0.2) is 5.96 Å². The molecule has 0 saturated carbocycles. The van der Waals surface area contributed by atoms with E-state index in [1.54, 1.807) is 7.05 Å². The Bertz CT molecular complexity index is 285. The minimum Gasteiger partial charge on any atom is -0.444 e. The maximum atomic E-state index is 11.7. The zero-order valence-corrected chi connectivity index (χ0v) is 14.1. The average Bonchev–Trinajstić information content (AvgIpc) is 2.11. The summed E-state index contributed by atoms with van der Waals surface area (Å²) in [7, 11) is 1.69. The average molecular weight is 372 g/mol. The first kappa shape index (κ1) is 19.6. The van der Waals surface area contributed by atoms with Gasteiger partial charge in [-0.1, -0.05) is 6.92 Å². The van der Waals surface area contributed by atoms with E-state index in [9.17, 15) is 4.79 Å². The van der Waals surface area contributed by atoms with E-state index in [1.165, 1.54) is 4.90 Å². The second kappa shape index (κ2) is 8.39. The van der Waals surface area contributed by atoms with Crippen molar-refractivity contribution in [3.8, 4) is 0 Å². The van der Waals surface area contributed by atoms with Gasteiger partial charge < -0.3 is 21.1 Å². The lowest BCUT2D eigenvalue weighted by Gasteiger charge is -2.26. The first-order chi connectivity index (χ1) is 7.61. The van der Waals surface area contributed by atoms with Crippen LogP contribution in [0.1, 0.15) is 27.7 Å². The molecule has 1 atom stereocenters. The van der Waals surface area contributed by atoms with Gasteiger partial charge in [0.2, 0.25) is 0 Å². The molecule has 0 bridgehead atoms. The fourth-order valence-electron chi connectivity index (χ4n) is 1.20. The molecule has 0 spiro atoms. The topological polar surface area (TPSA) is 93.9 Å². The molecule has 0 aromatic carbocycles. The van der Waals surface area contributed by atoms with Crippen LogP contribution < -0.4 is 11.5 Å². The van der Waals surface area contributed by atoms with Gasteiger partial charge in [0.05, 0.1) is 0 Å². The van der Waals surface area contributed by atoms with Crippen molar-refractivity contribution < 1.29 is 9.53 Å². The number of carbonyl (C=O) groups is 1. The van der Waals surface area contributed by atoms with Crippen LogP contribution in [-0.2, 0) is 4.74 Å². The summed E-state index contributed by atoms with van der Waals surface area (Å²) >= 11 is 0. The third-order valence-corrected chi connectivity index (χ3v) is 1.88. The lowest BCUT2D eigenvalue weighted by molar-refractivity contribution is 0.0279. The summed E-state index contributed by atoms with van der Waals surface area (Å²) in [6.45, 7) is 8.51. The minimum absolute atomic E-state index is 0. The number of nitrogens with two attached hydrogens (primary N) is 2. The molecule has 6 nitrogen and oxygen atoms in total. The number of carbonyl (C=O) groups excluding carboxylic acids is 1. The van der Waals surface area contributed by atoms with Crippen LogP contribution in [0, 0.1) is 5.92 Å². The Morgan fingerprint density at radius 2 is 1.89 bits per heavy atom. The van der Waals surface area contributed by atoms with Crippen LogP contribution in [0.3, 0.4) is 0 Å². The molecule has 0 saturated heterocycles. The molecule has 0 aliphatic carbocycles. The highest BCUT2D eigenvalue weighted by Gasteiger charge is 2.20. The van der Waals surface area contributed by atoms with Gasteiger partial charge in [0, 0.05) is 20.1 Å². The number of guanidine groups is 1. The summed E-state index contributed by atoms with van der Waals surface area (Å²) < 4.78 is 5.23. The van der Waals surface area contributed by atoms with Crippen LogP contribution >= 0.6 is 24.0 Å². The number of hydrogen-bond donors (Lipinski definition) is 2. The van der Waals surface area contributed by atoms with Gasteiger partial charge in [0.1, 0.15) is 5.60 Å². The van der Waals surface area contributed by atoms with Gasteiger partial charge in [-0.25, -0.2) is 4.79 Å². The summed E-state index contributed by atoms with van der Waals surface area (Å²) in [5.74, 6) is 0.242. The summed E-state index contributed by atoms with van der Waals surface area (Å²) in [4.78, 5) is 17.1. The van der Waals surface area contributed by atoms with Crippen molar-refractivity contribution in [1.29, 1.82) is 0 Å². The number of halogens is 1. The van der Waals surface area contributed by atoms with Crippen LogP contribution in [0.5, 0.6) is 0 Å². The van der Waals surface area contributed by atoms with E-state index in [-0.39, 0.29) is 41.9 Å². The maximum Gasteiger partial charge on any atom is 0.410 e. The molecule has 18 heavy (non-hydrogen) atoms. The van der Waals surface area contributed by atoms with Gasteiger partial charge in [-0.15, -0.1) is 24.0 Å². The van der Waals surface area contributed by atoms with Gasteiger partial charge in [-0.3, -0.25) is 4.99 Å². The smallest absolute Gasteiger partial charge is 0.410 e. The van der Waals surface area contributed by atoms with Crippen molar-refractivity contribution in [2.45, 2.75) is 33.3 Å². The molecule has 4 N–H and O–H groups in total. The Hall–Kier alpha value is -0.730. The molecule has 1 unspecified atom stereocenters. The Labute approximate surface area is 126 Å².